The summed E-state index contributed by atoms with van der Waals surface area (Å²) in [4.78, 5) is 14.9. The zero-order chi connectivity index (χ0) is 13.0. The topological polar surface area (TPSA) is 53.9 Å². The summed E-state index contributed by atoms with van der Waals surface area (Å²) >= 11 is 5.95. The lowest BCUT2D eigenvalue weighted by Crippen LogP contribution is -2.34. The molecule has 0 saturated carbocycles. The molecule has 6 heteroatoms. The molecule has 1 saturated heterocycles. The van der Waals surface area contributed by atoms with E-state index in [2.05, 4.69) is 39.0 Å². The molecular weight excluding hydrogens is 250 g/mol. The Morgan fingerprint density at radius 1 is 1.28 bits per heavy atom. The molecule has 0 aromatic carbocycles. The highest BCUT2D eigenvalue weighted by Gasteiger charge is 2.19. The molecule has 1 aliphatic rings. The van der Waals surface area contributed by atoms with Gasteiger partial charge in [0, 0.05) is 19.6 Å². The summed E-state index contributed by atoms with van der Waals surface area (Å²) in [5, 5.41) is 3.41. The third-order valence-corrected chi connectivity index (χ3v) is 3.36. The molecule has 0 bridgehead atoms. The summed E-state index contributed by atoms with van der Waals surface area (Å²) in [7, 11) is 0. The van der Waals surface area contributed by atoms with E-state index in [1.165, 1.54) is 12.8 Å². The van der Waals surface area contributed by atoms with Gasteiger partial charge in [-0.1, -0.05) is 13.8 Å². The maximum Gasteiger partial charge on any atom is 0.231 e. The molecule has 0 amide bonds. The molecule has 0 radical (unpaired) electrons. The van der Waals surface area contributed by atoms with Gasteiger partial charge in [-0.2, -0.15) is 15.0 Å². The fourth-order valence-electron chi connectivity index (χ4n) is 2.01. The summed E-state index contributed by atoms with van der Waals surface area (Å²) in [5.41, 5.74) is 0. The van der Waals surface area contributed by atoms with E-state index in [1.54, 1.807) is 0 Å². The Balaban J connectivity index is 2.09. The molecule has 1 aromatic rings. The molecule has 0 atom stereocenters. The molecule has 1 N–H and O–H groups in total. The van der Waals surface area contributed by atoms with Crippen molar-refractivity contribution in [2.45, 2.75) is 33.1 Å². The Kier molecular flexibility index (Phi) is 4.58. The van der Waals surface area contributed by atoms with Crippen molar-refractivity contribution in [2.75, 3.05) is 29.9 Å². The number of nitrogens with zero attached hydrogens (tertiary/aromatic N) is 4. The van der Waals surface area contributed by atoms with Crippen LogP contribution in [0.2, 0.25) is 5.28 Å². The maximum absolute atomic E-state index is 5.95. The van der Waals surface area contributed by atoms with Crippen molar-refractivity contribution >= 4 is 23.5 Å². The molecule has 2 heterocycles. The molecule has 0 unspecified atom stereocenters. The Hall–Kier alpha value is -1.10. The zero-order valence-corrected chi connectivity index (χ0v) is 11.7. The second-order valence-corrected chi connectivity index (χ2v) is 5.16. The first-order valence-corrected chi connectivity index (χ1v) is 6.97. The van der Waals surface area contributed by atoms with Crippen LogP contribution in [0, 0.1) is 5.92 Å². The van der Waals surface area contributed by atoms with Gasteiger partial charge in [-0.15, -0.1) is 0 Å². The minimum Gasteiger partial charge on any atom is -0.354 e. The maximum atomic E-state index is 5.95. The van der Waals surface area contributed by atoms with Gasteiger partial charge in [-0.05, 0) is 36.8 Å². The summed E-state index contributed by atoms with van der Waals surface area (Å²) in [6.45, 7) is 7.22. The lowest BCUT2D eigenvalue weighted by atomic mass is 10.00. The minimum atomic E-state index is 0.261. The fourth-order valence-corrected chi connectivity index (χ4v) is 2.16. The normalized spacial score (nSPS) is 16.9. The minimum absolute atomic E-state index is 0.261. The number of aromatic nitrogens is 3. The van der Waals surface area contributed by atoms with E-state index in [0.717, 1.165) is 32.0 Å². The van der Waals surface area contributed by atoms with Crippen molar-refractivity contribution in [3.8, 4) is 0 Å². The van der Waals surface area contributed by atoms with Crippen LogP contribution in [0.4, 0.5) is 11.9 Å². The van der Waals surface area contributed by atoms with Crippen molar-refractivity contribution < 1.29 is 0 Å². The number of hydrogen-bond acceptors (Lipinski definition) is 5. The van der Waals surface area contributed by atoms with Gasteiger partial charge in [0.05, 0.1) is 0 Å². The summed E-state index contributed by atoms with van der Waals surface area (Å²) in [5.74, 6) is 2.06. The van der Waals surface area contributed by atoms with Gasteiger partial charge in [-0.3, -0.25) is 0 Å². The van der Waals surface area contributed by atoms with Gasteiger partial charge >= 0.3 is 0 Å². The van der Waals surface area contributed by atoms with Crippen LogP contribution >= 0.6 is 11.6 Å². The van der Waals surface area contributed by atoms with Crippen LogP contribution in [0.3, 0.4) is 0 Å². The Bertz CT molecular complexity index is 390. The van der Waals surface area contributed by atoms with Crippen molar-refractivity contribution in [1.82, 2.24) is 15.0 Å². The van der Waals surface area contributed by atoms with E-state index >= 15 is 0 Å². The quantitative estimate of drug-likeness (QED) is 0.911. The van der Waals surface area contributed by atoms with E-state index in [-0.39, 0.29) is 5.28 Å². The molecule has 0 spiro atoms. The first-order chi connectivity index (χ1) is 8.69. The summed E-state index contributed by atoms with van der Waals surface area (Å²) in [6, 6.07) is 0. The van der Waals surface area contributed by atoms with Crippen LogP contribution in [-0.4, -0.2) is 34.6 Å². The predicted molar refractivity (Wildman–Crippen MR) is 74.2 cm³/mol. The number of hydrogen-bond donors (Lipinski definition) is 1. The number of halogens is 1. The predicted octanol–water partition coefficient (Wildman–Crippen LogP) is 2.58. The van der Waals surface area contributed by atoms with E-state index in [1.807, 2.05) is 0 Å². The second kappa shape index (κ2) is 6.18. The standard InChI is InChI=1S/C12H20ClN5/c1-3-6-14-11-15-10(13)16-12(17-11)18-7-4-9(2)5-8-18/h9H,3-8H2,1-2H3,(H,14,15,16,17). The Labute approximate surface area is 113 Å². The smallest absolute Gasteiger partial charge is 0.231 e. The van der Waals surface area contributed by atoms with Gasteiger partial charge in [0.1, 0.15) is 0 Å². The molecule has 100 valence electrons. The number of nitrogens with one attached hydrogen (secondary N) is 1. The Morgan fingerprint density at radius 2 is 2.00 bits per heavy atom. The number of piperidine rings is 1. The Morgan fingerprint density at radius 3 is 2.67 bits per heavy atom. The van der Waals surface area contributed by atoms with Crippen LogP contribution < -0.4 is 10.2 Å². The highest BCUT2D eigenvalue weighted by molar-refractivity contribution is 6.28. The van der Waals surface area contributed by atoms with Gasteiger partial charge in [0.15, 0.2) is 0 Å². The highest BCUT2D eigenvalue weighted by Crippen LogP contribution is 2.21. The average Bonchev–Trinajstić information content (AvgIpc) is 2.36. The molecular formula is C12H20ClN5. The van der Waals surface area contributed by atoms with Crippen LogP contribution in [0.5, 0.6) is 0 Å². The lowest BCUT2D eigenvalue weighted by molar-refractivity contribution is 0.434. The first-order valence-electron chi connectivity index (χ1n) is 6.59. The van der Waals surface area contributed by atoms with Crippen LogP contribution in [-0.2, 0) is 0 Å². The van der Waals surface area contributed by atoms with E-state index in [4.69, 9.17) is 11.6 Å². The second-order valence-electron chi connectivity index (χ2n) is 4.82. The molecule has 0 aliphatic carbocycles. The van der Waals surface area contributed by atoms with Crippen LogP contribution in [0.1, 0.15) is 33.1 Å². The van der Waals surface area contributed by atoms with Crippen LogP contribution in [0.25, 0.3) is 0 Å². The third-order valence-electron chi connectivity index (χ3n) is 3.20. The van der Waals surface area contributed by atoms with Gasteiger partial charge in [-0.25, -0.2) is 0 Å². The SMILES string of the molecule is CCCNc1nc(Cl)nc(N2CCC(C)CC2)n1. The van der Waals surface area contributed by atoms with E-state index in [0.29, 0.717) is 11.9 Å². The third kappa shape index (κ3) is 3.45. The van der Waals surface area contributed by atoms with Gasteiger partial charge in [0.2, 0.25) is 17.2 Å². The zero-order valence-electron chi connectivity index (χ0n) is 11.0. The molecule has 1 aliphatic heterocycles. The number of rotatable bonds is 4. The first kappa shape index (κ1) is 13.3. The monoisotopic (exact) mass is 269 g/mol. The molecule has 18 heavy (non-hydrogen) atoms. The van der Waals surface area contributed by atoms with Crippen molar-refractivity contribution in [2.24, 2.45) is 5.92 Å². The molecule has 1 aromatic heterocycles. The lowest BCUT2D eigenvalue weighted by Gasteiger charge is -2.30. The largest absolute Gasteiger partial charge is 0.354 e. The van der Waals surface area contributed by atoms with Crippen LogP contribution in [0.15, 0.2) is 0 Å². The van der Waals surface area contributed by atoms with Gasteiger partial charge in [0.25, 0.3) is 0 Å². The molecule has 5 nitrogen and oxygen atoms in total. The average molecular weight is 270 g/mol. The van der Waals surface area contributed by atoms with Crippen molar-refractivity contribution in [3.63, 3.8) is 0 Å². The van der Waals surface area contributed by atoms with Crippen molar-refractivity contribution in [1.29, 1.82) is 0 Å². The van der Waals surface area contributed by atoms with Gasteiger partial charge < -0.3 is 10.2 Å². The molecule has 1 fully saturated rings. The van der Waals surface area contributed by atoms with Crippen molar-refractivity contribution in [3.05, 3.63) is 5.28 Å². The number of anilines is 2. The highest BCUT2D eigenvalue weighted by atomic mass is 35.5. The fraction of sp³-hybridized carbons (Fsp3) is 0.750. The summed E-state index contributed by atoms with van der Waals surface area (Å²) in [6.07, 6.45) is 3.39. The molecule has 2 rings (SSSR count). The van der Waals surface area contributed by atoms with E-state index in [9.17, 15) is 0 Å². The van der Waals surface area contributed by atoms with E-state index < -0.39 is 0 Å². The summed E-state index contributed by atoms with van der Waals surface area (Å²) < 4.78 is 0.